The van der Waals surface area contributed by atoms with Crippen molar-refractivity contribution in [2.24, 2.45) is 0 Å². The van der Waals surface area contributed by atoms with Crippen molar-refractivity contribution >= 4 is 53.1 Å². The molecule has 3 nitrogen and oxygen atoms in total. The molecule has 4 heteroatoms. The smallest absolute Gasteiger partial charge is 0.164 e. The molecule has 0 fully saturated rings. The highest BCUT2D eigenvalue weighted by molar-refractivity contribution is 7.25. The molecule has 0 unspecified atom stereocenters. The van der Waals surface area contributed by atoms with Crippen LogP contribution >= 0.6 is 11.3 Å². The summed E-state index contributed by atoms with van der Waals surface area (Å²) in [5.41, 5.74) is 5.32. The fourth-order valence-electron chi connectivity index (χ4n) is 6.15. The zero-order chi connectivity index (χ0) is 29.7. The largest absolute Gasteiger partial charge is 0.208 e. The molecule has 0 aliphatic carbocycles. The van der Waals surface area contributed by atoms with Crippen molar-refractivity contribution < 1.29 is 0 Å². The highest BCUT2D eigenvalue weighted by atomic mass is 32.1. The Hall–Kier alpha value is -5.71. The molecular formula is C41H25N3S. The third-order valence-corrected chi connectivity index (χ3v) is 9.64. The molecule has 0 radical (unpaired) electrons. The zero-order valence-electron chi connectivity index (χ0n) is 24.2. The van der Waals surface area contributed by atoms with Crippen LogP contribution in [0.4, 0.5) is 0 Å². The Labute approximate surface area is 264 Å². The fourth-order valence-corrected chi connectivity index (χ4v) is 7.24. The van der Waals surface area contributed by atoms with Gasteiger partial charge in [0, 0.05) is 36.9 Å². The van der Waals surface area contributed by atoms with Crippen molar-refractivity contribution in [3.8, 4) is 45.3 Å². The van der Waals surface area contributed by atoms with Gasteiger partial charge in [-0.1, -0.05) is 109 Å². The van der Waals surface area contributed by atoms with Crippen molar-refractivity contribution in [1.82, 2.24) is 15.0 Å². The Kier molecular flexibility index (Phi) is 6.00. The van der Waals surface area contributed by atoms with Crippen molar-refractivity contribution in [3.05, 3.63) is 152 Å². The minimum atomic E-state index is 0.662. The first-order valence-corrected chi connectivity index (χ1v) is 15.8. The maximum atomic E-state index is 5.05. The van der Waals surface area contributed by atoms with Gasteiger partial charge in [0.05, 0.1) is 0 Å². The lowest BCUT2D eigenvalue weighted by Crippen LogP contribution is -2.00. The number of hydrogen-bond acceptors (Lipinski definition) is 4. The van der Waals surface area contributed by atoms with E-state index in [2.05, 4.69) is 121 Å². The first kappa shape index (κ1) is 25.8. The van der Waals surface area contributed by atoms with Gasteiger partial charge in [0.15, 0.2) is 17.5 Å². The monoisotopic (exact) mass is 591 g/mol. The predicted octanol–water partition coefficient (Wildman–Crippen LogP) is 11.2. The van der Waals surface area contributed by atoms with Gasteiger partial charge in [-0.15, -0.1) is 11.3 Å². The fraction of sp³-hybridized carbons (Fsp3) is 0. The summed E-state index contributed by atoms with van der Waals surface area (Å²) in [6.45, 7) is 0. The van der Waals surface area contributed by atoms with Gasteiger partial charge in [-0.05, 0) is 75.1 Å². The van der Waals surface area contributed by atoms with Gasteiger partial charge < -0.3 is 0 Å². The van der Waals surface area contributed by atoms with Gasteiger partial charge in [0.25, 0.3) is 0 Å². The Bertz CT molecular complexity index is 2550. The molecule has 0 spiro atoms. The van der Waals surface area contributed by atoms with Gasteiger partial charge >= 0.3 is 0 Å². The number of aromatic nitrogens is 3. The second-order valence-corrected chi connectivity index (χ2v) is 12.4. The quantitative estimate of drug-likeness (QED) is 0.204. The molecule has 0 atom stereocenters. The van der Waals surface area contributed by atoms with Gasteiger partial charge in [0.2, 0.25) is 0 Å². The molecule has 7 aromatic carbocycles. The average molecular weight is 592 g/mol. The van der Waals surface area contributed by atoms with E-state index < -0.39 is 0 Å². The SMILES string of the molecule is c1ccc(-c2nc(-c3ccc4cc(-c5ccc6ccccc6c5)ccc4c3)nc(-c3ccc4sc5ccccc5c4c3)n2)cc1. The lowest BCUT2D eigenvalue weighted by Gasteiger charge is -2.10. The molecule has 0 amide bonds. The van der Waals surface area contributed by atoms with E-state index in [1.54, 1.807) is 0 Å². The van der Waals surface area contributed by atoms with Crippen molar-refractivity contribution in [2.45, 2.75) is 0 Å². The summed E-state index contributed by atoms with van der Waals surface area (Å²) in [6, 6.07) is 53.5. The van der Waals surface area contributed by atoms with Crippen LogP contribution in [0.15, 0.2) is 152 Å². The summed E-state index contributed by atoms with van der Waals surface area (Å²) in [6.07, 6.45) is 0. The maximum absolute atomic E-state index is 5.05. The molecule has 0 aliphatic heterocycles. The van der Waals surface area contributed by atoms with Crippen LogP contribution in [0.1, 0.15) is 0 Å². The lowest BCUT2D eigenvalue weighted by atomic mass is 9.98. The molecule has 9 aromatic rings. The van der Waals surface area contributed by atoms with Crippen LogP contribution in [0, 0.1) is 0 Å². The molecule has 0 bridgehead atoms. The highest BCUT2D eigenvalue weighted by Gasteiger charge is 2.14. The standard InChI is InChI=1S/C41H25N3S/c1-2-9-27(10-3-1)39-42-40(44-41(43-39)34-20-21-38-36(25-34)35-12-6-7-13-37(35)45-38)33-19-18-31-23-30(16-17-32(31)24-33)29-15-14-26-8-4-5-11-28(26)22-29/h1-25H. The predicted molar refractivity (Wildman–Crippen MR) is 189 cm³/mol. The third-order valence-electron chi connectivity index (χ3n) is 8.48. The summed E-state index contributed by atoms with van der Waals surface area (Å²) in [5.74, 6) is 2.00. The average Bonchev–Trinajstić information content (AvgIpc) is 3.49. The van der Waals surface area contributed by atoms with E-state index in [1.807, 2.05) is 41.7 Å². The van der Waals surface area contributed by atoms with E-state index in [0.717, 1.165) is 22.1 Å². The minimum Gasteiger partial charge on any atom is -0.208 e. The van der Waals surface area contributed by atoms with Crippen LogP contribution in [0.25, 0.3) is 87.0 Å². The molecule has 45 heavy (non-hydrogen) atoms. The molecule has 0 saturated carbocycles. The van der Waals surface area contributed by atoms with E-state index in [1.165, 1.54) is 47.5 Å². The van der Waals surface area contributed by atoms with E-state index in [0.29, 0.717) is 17.5 Å². The van der Waals surface area contributed by atoms with Gasteiger partial charge in [-0.25, -0.2) is 15.0 Å². The number of thiophene rings is 1. The molecule has 210 valence electrons. The summed E-state index contributed by atoms with van der Waals surface area (Å²) in [4.78, 5) is 15.0. The highest BCUT2D eigenvalue weighted by Crippen LogP contribution is 2.36. The van der Waals surface area contributed by atoms with Gasteiger partial charge in [-0.3, -0.25) is 0 Å². The summed E-state index contributed by atoms with van der Waals surface area (Å²) >= 11 is 1.81. The second kappa shape index (κ2) is 10.5. The Morgan fingerprint density at radius 3 is 1.56 bits per heavy atom. The Balaban J connectivity index is 1.16. The second-order valence-electron chi connectivity index (χ2n) is 11.3. The number of rotatable bonds is 4. The van der Waals surface area contributed by atoms with E-state index in [-0.39, 0.29) is 0 Å². The Morgan fingerprint density at radius 1 is 0.311 bits per heavy atom. The molecular weight excluding hydrogens is 567 g/mol. The normalized spacial score (nSPS) is 11.6. The molecule has 2 heterocycles. The Morgan fingerprint density at radius 2 is 0.800 bits per heavy atom. The first-order chi connectivity index (χ1) is 22.2. The number of nitrogens with zero attached hydrogens (tertiary/aromatic N) is 3. The van der Waals surface area contributed by atoms with Crippen molar-refractivity contribution in [2.75, 3.05) is 0 Å². The zero-order valence-corrected chi connectivity index (χ0v) is 25.0. The topological polar surface area (TPSA) is 38.7 Å². The maximum Gasteiger partial charge on any atom is 0.164 e. The first-order valence-electron chi connectivity index (χ1n) is 15.0. The molecule has 0 saturated heterocycles. The molecule has 0 N–H and O–H groups in total. The number of fused-ring (bicyclic) bond motifs is 5. The van der Waals surface area contributed by atoms with Crippen molar-refractivity contribution in [1.29, 1.82) is 0 Å². The van der Waals surface area contributed by atoms with Crippen molar-refractivity contribution in [3.63, 3.8) is 0 Å². The van der Waals surface area contributed by atoms with Crippen LogP contribution in [0.3, 0.4) is 0 Å². The van der Waals surface area contributed by atoms with E-state index in [4.69, 9.17) is 15.0 Å². The van der Waals surface area contributed by atoms with Crippen LogP contribution in [0.2, 0.25) is 0 Å². The van der Waals surface area contributed by atoms with Gasteiger partial charge in [-0.2, -0.15) is 0 Å². The van der Waals surface area contributed by atoms with Gasteiger partial charge in [0.1, 0.15) is 0 Å². The number of benzene rings is 7. The number of hydrogen-bond donors (Lipinski definition) is 0. The summed E-state index contributed by atoms with van der Waals surface area (Å²) in [7, 11) is 0. The van der Waals surface area contributed by atoms with E-state index >= 15 is 0 Å². The lowest BCUT2D eigenvalue weighted by molar-refractivity contribution is 1.08. The van der Waals surface area contributed by atoms with Crippen LogP contribution in [-0.4, -0.2) is 15.0 Å². The molecule has 9 rings (SSSR count). The summed E-state index contributed by atoms with van der Waals surface area (Å²) in [5, 5.41) is 7.31. The third kappa shape index (κ3) is 4.64. The van der Waals surface area contributed by atoms with Crippen LogP contribution in [0.5, 0.6) is 0 Å². The van der Waals surface area contributed by atoms with Crippen LogP contribution < -0.4 is 0 Å². The molecule has 2 aromatic heterocycles. The van der Waals surface area contributed by atoms with Crippen LogP contribution in [-0.2, 0) is 0 Å². The molecule has 0 aliphatic rings. The summed E-state index contributed by atoms with van der Waals surface area (Å²) < 4.78 is 2.54. The van der Waals surface area contributed by atoms with E-state index in [9.17, 15) is 0 Å². The minimum absolute atomic E-state index is 0.662.